The van der Waals surface area contributed by atoms with Crippen molar-refractivity contribution in [2.45, 2.75) is 6.18 Å². The quantitative estimate of drug-likeness (QED) is 0.906. The van der Waals surface area contributed by atoms with Gasteiger partial charge in [-0.1, -0.05) is 6.07 Å². The molecule has 0 unspecified atom stereocenters. The number of carboxylic acids is 1. The molecule has 0 fully saturated rings. The van der Waals surface area contributed by atoms with Crippen molar-refractivity contribution in [2.24, 2.45) is 0 Å². The van der Waals surface area contributed by atoms with Crippen LogP contribution in [0.5, 0.6) is 0 Å². The number of benzene rings is 1. The summed E-state index contributed by atoms with van der Waals surface area (Å²) < 4.78 is 38.2. The number of aromatic nitrogens is 1. The number of carbonyl (C=O) groups is 1. The highest BCUT2D eigenvalue weighted by atomic mass is 19.4. The highest BCUT2D eigenvalue weighted by molar-refractivity contribution is 5.89. The second-order valence-electron chi connectivity index (χ2n) is 3.84. The molecule has 0 spiro atoms. The van der Waals surface area contributed by atoms with E-state index in [1.807, 2.05) is 0 Å². The van der Waals surface area contributed by atoms with E-state index in [1.165, 1.54) is 18.5 Å². The van der Waals surface area contributed by atoms with E-state index >= 15 is 0 Å². The van der Waals surface area contributed by atoms with Crippen LogP contribution in [0.25, 0.3) is 11.1 Å². The SMILES string of the molecule is O=C(O)c1cc(-c2cccnc2)cc(C(F)(F)F)c1. The molecule has 3 nitrogen and oxygen atoms in total. The molecular formula is C13H8F3NO2. The molecule has 1 N–H and O–H groups in total. The predicted molar refractivity (Wildman–Crippen MR) is 61.6 cm³/mol. The van der Waals surface area contributed by atoms with Crippen molar-refractivity contribution >= 4 is 5.97 Å². The number of alkyl halides is 3. The average molecular weight is 267 g/mol. The lowest BCUT2D eigenvalue weighted by molar-refractivity contribution is -0.137. The van der Waals surface area contributed by atoms with E-state index < -0.39 is 23.3 Å². The first-order valence-electron chi connectivity index (χ1n) is 5.24. The van der Waals surface area contributed by atoms with Gasteiger partial charge in [0.2, 0.25) is 0 Å². The van der Waals surface area contributed by atoms with E-state index in [2.05, 4.69) is 4.98 Å². The molecule has 1 heterocycles. The van der Waals surface area contributed by atoms with Crippen molar-refractivity contribution in [1.29, 1.82) is 0 Å². The molecule has 0 aliphatic heterocycles. The molecule has 6 heteroatoms. The molecule has 2 aromatic rings. The van der Waals surface area contributed by atoms with Gasteiger partial charge in [0.25, 0.3) is 0 Å². The summed E-state index contributed by atoms with van der Waals surface area (Å²) in [6.07, 6.45) is -1.74. The van der Waals surface area contributed by atoms with Gasteiger partial charge in [-0.2, -0.15) is 13.2 Å². The Bertz CT molecular complexity index is 609. The average Bonchev–Trinajstić information content (AvgIpc) is 2.38. The number of aromatic carboxylic acids is 1. The Labute approximate surface area is 106 Å². The van der Waals surface area contributed by atoms with Gasteiger partial charge < -0.3 is 5.11 Å². The van der Waals surface area contributed by atoms with E-state index in [1.54, 1.807) is 12.1 Å². The smallest absolute Gasteiger partial charge is 0.416 e. The van der Waals surface area contributed by atoms with Crippen LogP contribution in [0.2, 0.25) is 0 Å². The Morgan fingerprint density at radius 2 is 1.89 bits per heavy atom. The molecule has 0 saturated heterocycles. The standard InChI is InChI=1S/C13H8F3NO2/c14-13(15,16)11-5-9(4-10(6-11)12(18)19)8-2-1-3-17-7-8/h1-7H,(H,18,19). The van der Waals surface area contributed by atoms with Crippen LogP contribution in [-0.4, -0.2) is 16.1 Å². The molecule has 0 aliphatic carbocycles. The minimum Gasteiger partial charge on any atom is -0.478 e. The summed E-state index contributed by atoms with van der Waals surface area (Å²) in [6, 6.07) is 5.84. The van der Waals surface area contributed by atoms with Gasteiger partial charge in [-0.05, 0) is 29.8 Å². The van der Waals surface area contributed by atoms with E-state index in [-0.39, 0.29) is 5.56 Å². The topological polar surface area (TPSA) is 50.2 Å². The third kappa shape index (κ3) is 2.90. The van der Waals surface area contributed by atoms with Gasteiger partial charge in [0.15, 0.2) is 0 Å². The van der Waals surface area contributed by atoms with Crippen LogP contribution < -0.4 is 0 Å². The van der Waals surface area contributed by atoms with Crippen molar-refractivity contribution in [3.8, 4) is 11.1 Å². The van der Waals surface area contributed by atoms with Crippen molar-refractivity contribution in [3.63, 3.8) is 0 Å². The van der Waals surface area contributed by atoms with Gasteiger partial charge in [-0.15, -0.1) is 0 Å². The molecule has 0 atom stereocenters. The van der Waals surface area contributed by atoms with Crippen molar-refractivity contribution < 1.29 is 23.1 Å². The maximum Gasteiger partial charge on any atom is 0.416 e. The zero-order chi connectivity index (χ0) is 14.0. The number of halogens is 3. The summed E-state index contributed by atoms with van der Waals surface area (Å²) in [6.45, 7) is 0. The van der Waals surface area contributed by atoms with Gasteiger partial charge in [-0.3, -0.25) is 4.98 Å². The number of pyridine rings is 1. The Balaban J connectivity index is 2.62. The minimum atomic E-state index is -4.59. The summed E-state index contributed by atoms with van der Waals surface area (Å²) in [4.78, 5) is 14.7. The van der Waals surface area contributed by atoms with Crippen LogP contribution in [0.4, 0.5) is 13.2 Å². The Kier molecular flexibility index (Phi) is 3.25. The summed E-state index contributed by atoms with van der Waals surface area (Å²) >= 11 is 0. The minimum absolute atomic E-state index is 0.167. The van der Waals surface area contributed by atoms with Gasteiger partial charge in [0, 0.05) is 18.0 Å². The molecule has 2 rings (SSSR count). The zero-order valence-corrected chi connectivity index (χ0v) is 9.48. The normalized spacial score (nSPS) is 11.3. The van der Waals surface area contributed by atoms with Crippen LogP contribution >= 0.6 is 0 Å². The molecule has 0 saturated carbocycles. The Hall–Kier alpha value is -2.37. The second-order valence-corrected chi connectivity index (χ2v) is 3.84. The Morgan fingerprint density at radius 3 is 2.42 bits per heavy atom. The Morgan fingerprint density at radius 1 is 1.16 bits per heavy atom. The van der Waals surface area contributed by atoms with Gasteiger partial charge in [-0.25, -0.2) is 4.79 Å². The number of hydrogen-bond donors (Lipinski definition) is 1. The second kappa shape index (κ2) is 4.72. The van der Waals surface area contributed by atoms with Crippen molar-refractivity contribution in [3.05, 3.63) is 53.9 Å². The molecule has 0 aliphatic rings. The van der Waals surface area contributed by atoms with Crippen LogP contribution in [0, 0.1) is 0 Å². The maximum absolute atomic E-state index is 12.7. The first-order valence-corrected chi connectivity index (χ1v) is 5.24. The first-order chi connectivity index (χ1) is 8.88. The predicted octanol–water partition coefficient (Wildman–Crippen LogP) is 3.47. The van der Waals surface area contributed by atoms with Crippen LogP contribution in [-0.2, 0) is 6.18 Å². The third-order valence-corrected chi connectivity index (χ3v) is 2.50. The van der Waals surface area contributed by atoms with Crippen molar-refractivity contribution in [1.82, 2.24) is 4.98 Å². The summed E-state index contributed by atoms with van der Waals surface area (Å²) in [5, 5.41) is 8.86. The van der Waals surface area contributed by atoms with Crippen LogP contribution in [0.3, 0.4) is 0 Å². The fourth-order valence-electron chi connectivity index (χ4n) is 1.61. The molecule has 0 amide bonds. The van der Waals surface area contributed by atoms with Crippen LogP contribution in [0.1, 0.15) is 15.9 Å². The first kappa shape index (κ1) is 13.1. The molecule has 19 heavy (non-hydrogen) atoms. The number of carboxylic acid groups (broad SMARTS) is 1. The lowest BCUT2D eigenvalue weighted by atomic mass is 10.0. The molecular weight excluding hydrogens is 259 g/mol. The molecule has 0 radical (unpaired) electrons. The summed E-state index contributed by atoms with van der Waals surface area (Å²) in [5.74, 6) is -1.41. The number of hydrogen-bond acceptors (Lipinski definition) is 2. The lowest BCUT2D eigenvalue weighted by Crippen LogP contribution is -2.08. The summed E-state index contributed by atoms with van der Waals surface area (Å²) in [5.41, 5.74) is -0.809. The highest BCUT2D eigenvalue weighted by Gasteiger charge is 2.31. The molecule has 0 bridgehead atoms. The monoisotopic (exact) mass is 267 g/mol. The molecule has 98 valence electrons. The van der Waals surface area contributed by atoms with Gasteiger partial charge in [0.1, 0.15) is 0 Å². The van der Waals surface area contributed by atoms with Gasteiger partial charge in [0.05, 0.1) is 11.1 Å². The van der Waals surface area contributed by atoms with Crippen molar-refractivity contribution in [2.75, 3.05) is 0 Å². The largest absolute Gasteiger partial charge is 0.478 e. The molecule has 1 aromatic heterocycles. The fraction of sp³-hybridized carbons (Fsp3) is 0.0769. The highest BCUT2D eigenvalue weighted by Crippen LogP contribution is 2.33. The van der Waals surface area contributed by atoms with Crippen LogP contribution in [0.15, 0.2) is 42.7 Å². The lowest BCUT2D eigenvalue weighted by Gasteiger charge is -2.10. The van der Waals surface area contributed by atoms with E-state index in [0.717, 1.165) is 6.07 Å². The van der Waals surface area contributed by atoms with E-state index in [9.17, 15) is 18.0 Å². The van der Waals surface area contributed by atoms with Gasteiger partial charge >= 0.3 is 12.1 Å². The number of rotatable bonds is 2. The molecule has 1 aromatic carbocycles. The van der Waals surface area contributed by atoms with E-state index in [0.29, 0.717) is 11.6 Å². The summed E-state index contributed by atoms with van der Waals surface area (Å²) in [7, 11) is 0. The van der Waals surface area contributed by atoms with E-state index in [4.69, 9.17) is 5.11 Å². The fourth-order valence-corrected chi connectivity index (χ4v) is 1.61. The maximum atomic E-state index is 12.7. The number of nitrogens with zero attached hydrogens (tertiary/aromatic N) is 1. The third-order valence-electron chi connectivity index (χ3n) is 2.50. The zero-order valence-electron chi connectivity index (χ0n) is 9.48.